The fourth-order valence-corrected chi connectivity index (χ4v) is 10.3. The van der Waals surface area contributed by atoms with Crippen molar-refractivity contribution in [2.45, 2.75) is 31.1 Å². The number of para-hydroxylation sites is 1. The molecule has 0 saturated heterocycles. The van der Waals surface area contributed by atoms with Crippen molar-refractivity contribution in [2.75, 3.05) is 0 Å². The summed E-state index contributed by atoms with van der Waals surface area (Å²) in [6, 6.07) is 54.8. The third-order valence-corrected chi connectivity index (χ3v) is 12.5. The second kappa shape index (κ2) is 9.71. The van der Waals surface area contributed by atoms with Gasteiger partial charge in [-0.2, -0.15) is 0 Å². The van der Waals surface area contributed by atoms with E-state index in [1.54, 1.807) is 0 Å². The summed E-state index contributed by atoms with van der Waals surface area (Å²) >= 11 is 4.04. The molecule has 2 bridgehead atoms. The van der Waals surface area contributed by atoms with E-state index < -0.39 is 0 Å². The zero-order chi connectivity index (χ0) is 32.6. The number of rotatable bonds is 2. The van der Waals surface area contributed by atoms with Gasteiger partial charge in [-0.1, -0.05) is 133 Å². The Morgan fingerprint density at radius 1 is 0.490 bits per heavy atom. The largest absolute Gasteiger partial charge is 0.309 e. The number of fused-ring (bicyclic) bond motifs is 6. The summed E-state index contributed by atoms with van der Waals surface area (Å²) in [6.45, 7) is 4.76. The van der Waals surface area contributed by atoms with Gasteiger partial charge < -0.3 is 4.57 Å². The molecule has 1 nitrogen and oxygen atoms in total. The van der Waals surface area contributed by atoms with Crippen LogP contribution in [0.4, 0.5) is 0 Å². The summed E-state index contributed by atoms with van der Waals surface area (Å²) in [5.41, 5.74) is 20.4. The fourth-order valence-electron chi connectivity index (χ4n) is 9.73. The van der Waals surface area contributed by atoms with Crippen LogP contribution < -0.4 is 0 Å². The van der Waals surface area contributed by atoms with Crippen LogP contribution in [0.1, 0.15) is 70.2 Å². The smallest absolute Gasteiger partial charge is 0.0547 e. The molecule has 4 aliphatic rings. The number of nitrogens with zero attached hydrogens (tertiary/aromatic N) is 1. The molecule has 0 N–H and O–H groups in total. The summed E-state index contributed by atoms with van der Waals surface area (Å²) in [7, 11) is 0. The molecule has 232 valence electrons. The highest BCUT2D eigenvalue weighted by Gasteiger charge is 2.43. The van der Waals surface area contributed by atoms with Crippen molar-refractivity contribution >= 4 is 37.7 Å². The lowest BCUT2D eigenvalue weighted by Crippen LogP contribution is -2.28. The van der Waals surface area contributed by atoms with Crippen LogP contribution in [0.3, 0.4) is 0 Å². The highest BCUT2D eigenvalue weighted by molar-refractivity contribution is 9.10. The zero-order valence-corrected chi connectivity index (χ0v) is 28.9. The molecule has 0 fully saturated rings. The van der Waals surface area contributed by atoms with E-state index in [2.05, 4.69) is 180 Å². The van der Waals surface area contributed by atoms with Gasteiger partial charge in [0.15, 0.2) is 0 Å². The van der Waals surface area contributed by atoms with Gasteiger partial charge in [0.25, 0.3) is 0 Å². The maximum absolute atomic E-state index is 4.04. The molecule has 0 unspecified atom stereocenters. The summed E-state index contributed by atoms with van der Waals surface area (Å²) in [4.78, 5) is 0. The molecule has 49 heavy (non-hydrogen) atoms. The molecule has 0 amide bonds. The van der Waals surface area contributed by atoms with Gasteiger partial charge in [0.05, 0.1) is 11.0 Å². The molecule has 1 aromatic heterocycles. The van der Waals surface area contributed by atoms with Crippen LogP contribution in [0.15, 0.2) is 150 Å². The molecule has 0 radical (unpaired) electrons. The number of benzene rings is 7. The highest BCUT2D eigenvalue weighted by Crippen LogP contribution is 2.59. The minimum absolute atomic E-state index is 0.0658. The summed E-state index contributed by atoms with van der Waals surface area (Å²) in [6.07, 6.45) is 0. The molecule has 0 saturated carbocycles. The average molecular weight is 691 g/mol. The molecular formula is C47H32BrN. The molecule has 0 aliphatic heterocycles. The van der Waals surface area contributed by atoms with Crippen LogP contribution in [0, 0.1) is 0 Å². The normalized spacial score (nSPS) is 17.4. The Hall–Kier alpha value is -5.18. The minimum atomic E-state index is -0.0658. The van der Waals surface area contributed by atoms with Crippen LogP contribution in [-0.4, -0.2) is 4.57 Å². The maximum atomic E-state index is 4.04. The summed E-state index contributed by atoms with van der Waals surface area (Å²) in [5.74, 6) is 0.417. The first-order valence-corrected chi connectivity index (χ1v) is 18.1. The first-order valence-electron chi connectivity index (χ1n) is 17.3. The molecule has 0 atom stereocenters. The van der Waals surface area contributed by atoms with Gasteiger partial charge in [0.2, 0.25) is 0 Å². The molecule has 2 heteroatoms. The number of halogens is 1. The van der Waals surface area contributed by atoms with Gasteiger partial charge in [-0.25, -0.2) is 0 Å². The van der Waals surface area contributed by atoms with E-state index in [0.717, 1.165) is 0 Å². The Labute approximate surface area is 294 Å². The maximum Gasteiger partial charge on any atom is 0.0547 e. The third kappa shape index (κ3) is 3.55. The Bertz CT molecular complexity index is 2660. The molecule has 1 heterocycles. The van der Waals surface area contributed by atoms with Crippen molar-refractivity contribution in [1.29, 1.82) is 0 Å². The number of hydrogen-bond donors (Lipinski definition) is 0. The average Bonchev–Trinajstić information content (AvgIpc) is 3.58. The SMILES string of the molecule is CC1(C)c2ccccc2-c2cc3c(cc21)c1cc(-c2ccc(Br)c4c2C2c5ccccc5C4c4ccccc42)ccc1n3-c1ccccc1. The van der Waals surface area contributed by atoms with Crippen LogP contribution in [0.2, 0.25) is 0 Å². The second-order valence-corrected chi connectivity index (χ2v) is 15.4. The topological polar surface area (TPSA) is 4.93 Å². The Morgan fingerprint density at radius 3 is 1.82 bits per heavy atom. The van der Waals surface area contributed by atoms with Gasteiger partial charge in [-0.15, -0.1) is 0 Å². The molecule has 7 aromatic carbocycles. The standard InChI is InChI=1S/C47H32BrN/c1-47(2)38-19-11-10-14-30(38)35-26-42-37(25-39(35)47)36-24-27(20-23-41(36)49(42)28-12-4-3-5-13-28)29-21-22-40(48)46-44-33-17-8-6-15-31(33)43(45(29)46)32-16-7-9-18-34(32)44/h3-26,43-44H,1-2H3. The van der Waals surface area contributed by atoms with Gasteiger partial charge in [-0.05, 0) is 109 Å². The quantitative estimate of drug-likeness (QED) is 0.170. The molecule has 0 spiro atoms. The van der Waals surface area contributed by atoms with Crippen molar-refractivity contribution < 1.29 is 0 Å². The molecular weight excluding hydrogens is 658 g/mol. The minimum Gasteiger partial charge on any atom is -0.309 e. The first kappa shape index (κ1) is 27.7. The van der Waals surface area contributed by atoms with E-state index in [1.165, 1.54) is 98.7 Å². The molecule has 12 rings (SSSR count). The van der Waals surface area contributed by atoms with Crippen molar-refractivity contribution in [1.82, 2.24) is 4.57 Å². The van der Waals surface area contributed by atoms with Gasteiger partial charge in [0, 0.05) is 38.2 Å². The van der Waals surface area contributed by atoms with Crippen molar-refractivity contribution in [2.24, 2.45) is 0 Å². The highest BCUT2D eigenvalue weighted by atomic mass is 79.9. The van der Waals surface area contributed by atoms with E-state index in [9.17, 15) is 0 Å². The van der Waals surface area contributed by atoms with E-state index >= 15 is 0 Å². The van der Waals surface area contributed by atoms with Crippen LogP contribution in [0.5, 0.6) is 0 Å². The summed E-state index contributed by atoms with van der Waals surface area (Å²) < 4.78 is 3.66. The number of aromatic nitrogens is 1. The molecule has 4 aliphatic carbocycles. The lowest BCUT2D eigenvalue weighted by molar-refractivity contribution is 0.661. The first-order chi connectivity index (χ1) is 24.0. The van der Waals surface area contributed by atoms with E-state index in [4.69, 9.17) is 0 Å². The predicted octanol–water partition coefficient (Wildman–Crippen LogP) is 12.5. The number of hydrogen-bond acceptors (Lipinski definition) is 0. The van der Waals surface area contributed by atoms with Crippen molar-refractivity contribution in [3.05, 3.63) is 195 Å². The van der Waals surface area contributed by atoms with Gasteiger partial charge in [0.1, 0.15) is 0 Å². The summed E-state index contributed by atoms with van der Waals surface area (Å²) in [5, 5.41) is 2.60. The van der Waals surface area contributed by atoms with Gasteiger partial charge >= 0.3 is 0 Å². The van der Waals surface area contributed by atoms with Gasteiger partial charge in [-0.3, -0.25) is 0 Å². The van der Waals surface area contributed by atoms with Crippen LogP contribution >= 0.6 is 15.9 Å². The van der Waals surface area contributed by atoms with Crippen LogP contribution in [0.25, 0.3) is 49.7 Å². The van der Waals surface area contributed by atoms with E-state index in [0.29, 0.717) is 0 Å². The van der Waals surface area contributed by atoms with E-state index in [-0.39, 0.29) is 17.3 Å². The monoisotopic (exact) mass is 689 g/mol. The van der Waals surface area contributed by atoms with E-state index in [1.807, 2.05) is 0 Å². The Morgan fingerprint density at radius 2 is 1.10 bits per heavy atom. The Balaban J connectivity index is 1.20. The zero-order valence-electron chi connectivity index (χ0n) is 27.3. The lowest BCUT2D eigenvalue weighted by Gasteiger charge is -2.43. The van der Waals surface area contributed by atoms with Crippen molar-refractivity contribution in [3.8, 4) is 27.9 Å². The third-order valence-electron chi connectivity index (χ3n) is 11.8. The second-order valence-electron chi connectivity index (χ2n) is 14.5. The fraction of sp³-hybridized carbons (Fsp3) is 0.106. The van der Waals surface area contributed by atoms with Crippen molar-refractivity contribution in [3.63, 3.8) is 0 Å². The predicted molar refractivity (Wildman–Crippen MR) is 206 cm³/mol. The van der Waals surface area contributed by atoms with Crippen LogP contribution in [-0.2, 0) is 5.41 Å². The molecule has 8 aromatic rings. The lowest BCUT2D eigenvalue weighted by atomic mass is 9.60. The Kier molecular flexibility index (Phi) is 5.50.